The number of hydrogen-bond donors (Lipinski definition) is 1. The van der Waals surface area contributed by atoms with E-state index < -0.39 is 5.41 Å². The van der Waals surface area contributed by atoms with Crippen molar-refractivity contribution in [2.45, 2.75) is 77.5 Å². The van der Waals surface area contributed by atoms with Crippen molar-refractivity contribution in [3.8, 4) is 0 Å². The van der Waals surface area contributed by atoms with Crippen molar-refractivity contribution in [3.63, 3.8) is 0 Å². The molecule has 12 nitrogen and oxygen atoms in total. The van der Waals surface area contributed by atoms with Crippen LogP contribution in [0.15, 0.2) is 70.4 Å². The average molecular weight is 694 g/mol. The second-order valence-electron chi connectivity index (χ2n) is 14.5. The third kappa shape index (κ3) is 6.82. The number of aliphatic hydroxyl groups excluding tert-OH is 1. The van der Waals surface area contributed by atoms with Crippen LogP contribution in [-0.4, -0.2) is 74.2 Å². The molecule has 3 aromatic heterocycles. The Balaban J connectivity index is 1.22. The van der Waals surface area contributed by atoms with Gasteiger partial charge in [0, 0.05) is 57.3 Å². The predicted octanol–water partition coefficient (Wildman–Crippen LogP) is 3.95. The highest BCUT2D eigenvalue weighted by Crippen LogP contribution is 2.44. The first-order valence-corrected chi connectivity index (χ1v) is 18.0. The van der Waals surface area contributed by atoms with E-state index in [9.17, 15) is 19.5 Å². The molecule has 1 aliphatic carbocycles. The smallest absolute Gasteiger partial charge is 0.350 e. The fraction of sp³-hybridized carbons (Fsp3) is 0.462. The van der Waals surface area contributed by atoms with Crippen LogP contribution in [0.1, 0.15) is 57.0 Å². The summed E-state index contributed by atoms with van der Waals surface area (Å²) < 4.78 is 10.1. The molecule has 5 aromatic rings. The minimum absolute atomic E-state index is 0.0138. The quantitative estimate of drug-likeness (QED) is 0.175. The number of benzene rings is 2. The lowest BCUT2D eigenvalue weighted by atomic mass is 9.85. The van der Waals surface area contributed by atoms with Crippen molar-refractivity contribution in [2.24, 2.45) is 5.92 Å². The van der Waals surface area contributed by atoms with Crippen LogP contribution in [0.3, 0.4) is 0 Å². The van der Waals surface area contributed by atoms with Crippen molar-refractivity contribution in [3.05, 3.63) is 98.6 Å². The Morgan fingerprint density at radius 3 is 2.59 bits per heavy atom. The molecule has 51 heavy (non-hydrogen) atoms. The molecule has 2 aromatic carbocycles. The Morgan fingerprint density at radius 1 is 1.02 bits per heavy atom. The molecule has 1 atom stereocenters. The Hall–Kier alpha value is -4.81. The molecule has 0 spiro atoms. The Kier molecular flexibility index (Phi) is 9.56. The number of anilines is 2. The van der Waals surface area contributed by atoms with E-state index in [4.69, 9.17) is 9.72 Å². The van der Waals surface area contributed by atoms with Crippen molar-refractivity contribution in [2.75, 3.05) is 43.2 Å². The standard InChI is InChI=1S/C39H47N7O5/c1-26(51-4)14-18-42(21-22-47)29-11-12-30-32(24-29)40-34(16-20-46-38(50)44-17-6-5-7-35(44)41-46)43(36(30)48)19-15-27-10-13-31-33(23-27)45(25-28-8-9-28)37(49)39(31,2)3/h5-7,10-13,17,23-24,26,28,47H,8-9,14-16,18-22,25H2,1-4H3. The summed E-state index contributed by atoms with van der Waals surface area (Å²) in [5.74, 6) is 1.27. The molecule has 1 unspecified atom stereocenters. The summed E-state index contributed by atoms with van der Waals surface area (Å²) in [5, 5.41) is 14.8. The Labute approximate surface area is 296 Å². The van der Waals surface area contributed by atoms with E-state index >= 15 is 0 Å². The van der Waals surface area contributed by atoms with Gasteiger partial charge in [0.25, 0.3) is 5.56 Å². The monoisotopic (exact) mass is 693 g/mol. The highest BCUT2D eigenvalue weighted by molar-refractivity contribution is 6.07. The molecule has 12 heteroatoms. The largest absolute Gasteiger partial charge is 0.395 e. The van der Waals surface area contributed by atoms with Crippen LogP contribution in [-0.2, 0) is 40.9 Å². The molecule has 268 valence electrons. The lowest BCUT2D eigenvalue weighted by molar-refractivity contribution is -0.122. The zero-order valence-electron chi connectivity index (χ0n) is 29.9. The van der Waals surface area contributed by atoms with Crippen LogP contribution in [0.4, 0.5) is 11.4 Å². The SMILES string of the molecule is COC(C)CCN(CCO)c1ccc2c(=O)n(CCc3ccc4c(c3)N(CC3CC3)C(=O)C4(C)C)c(CCn3nc4ccccn4c3=O)nc2c1. The van der Waals surface area contributed by atoms with Crippen LogP contribution < -0.4 is 21.0 Å². The number of fused-ring (bicyclic) bond motifs is 3. The van der Waals surface area contributed by atoms with E-state index in [0.29, 0.717) is 60.8 Å². The van der Waals surface area contributed by atoms with E-state index in [1.54, 1.807) is 30.0 Å². The van der Waals surface area contributed by atoms with E-state index in [-0.39, 0.29) is 36.4 Å². The predicted molar refractivity (Wildman–Crippen MR) is 198 cm³/mol. The number of nitrogens with zero attached hydrogens (tertiary/aromatic N) is 7. The van der Waals surface area contributed by atoms with E-state index in [2.05, 4.69) is 28.2 Å². The van der Waals surface area contributed by atoms with Crippen molar-refractivity contribution >= 4 is 33.8 Å². The number of aromatic nitrogens is 5. The number of aryl methyl sites for hydroxylation is 3. The first kappa shape index (κ1) is 34.6. The molecule has 1 aliphatic heterocycles. The lowest BCUT2D eigenvalue weighted by Crippen LogP contribution is -2.37. The van der Waals surface area contributed by atoms with E-state index in [1.165, 1.54) is 9.08 Å². The number of carbonyl (C=O) groups excluding carboxylic acids is 1. The summed E-state index contributed by atoms with van der Waals surface area (Å²) in [4.78, 5) is 49.9. The van der Waals surface area contributed by atoms with Gasteiger partial charge in [0.15, 0.2) is 5.65 Å². The maximum absolute atomic E-state index is 14.3. The van der Waals surface area contributed by atoms with Crippen LogP contribution in [0.25, 0.3) is 16.6 Å². The van der Waals surface area contributed by atoms with Crippen LogP contribution in [0, 0.1) is 5.92 Å². The van der Waals surface area contributed by atoms with Gasteiger partial charge in [-0.2, -0.15) is 0 Å². The Morgan fingerprint density at radius 2 is 1.84 bits per heavy atom. The molecule has 1 amide bonds. The second kappa shape index (κ2) is 14.1. The zero-order valence-corrected chi connectivity index (χ0v) is 29.9. The summed E-state index contributed by atoms with van der Waals surface area (Å²) >= 11 is 0. The molecule has 1 fully saturated rings. The van der Waals surface area contributed by atoms with Crippen LogP contribution in [0.2, 0.25) is 0 Å². The van der Waals surface area contributed by atoms with Gasteiger partial charge in [0.2, 0.25) is 5.91 Å². The molecule has 1 saturated carbocycles. The van der Waals surface area contributed by atoms with Gasteiger partial charge in [0.1, 0.15) is 5.82 Å². The minimum atomic E-state index is -0.571. The molecule has 0 radical (unpaired) electrons. The molecule has 7 rings (SSSR count). The first-order valence-electron chi connectivity index (χ1n) is 18.0. The normalized spacial score (nSPS) is 15.9. The van der Waals surface area contributed by atoms with Gasteiger partial charge >= 0.3 is 5.69 Å². The molecule has 1 N–H and O–H groups in total. The van der Waals surface area contributed by atoms with E-state index in [0.717, 1.165) is 48.3 Å². The molecule has 0 saturated heterocycles. The number of methoxy groups -OCH3 is 1. The third-order valence-corrected chi connectivity index (χ3v) is 10.6. The lowest BCUT2D eigenvalue weighted by Gasteiger charge is -2.25. The van der Waals surface area contributed by atoms with Crippen molar-refractivity contribution in [1.29, 1.82) is 0 Å². The number of rotatable bonds is 15. The molecular formula is C39H47N7O5. The van der Waals surface area contributed by atoms with Crippen molar-refractivity contribution in [1.82, 2.24) is 23.7 Å². The van der Waals surface area contributed by atoms with Gasteiger partial charge in [-0.05, 0) is 99.9 Å². The maximum Gasteiger partial charge on any atom is 0.350 e. The highest BCUT2D eigenvalue weighted by Gasteiger charge is 2.45. The fourth-order valence-electron chi connectivity index (χ4n) is 7.17. The van der Waals surface area contributed by atoms with Gasteiger partial charge in [0.05, 0.1) is 35.6 Å². The number of hydrogen-bond acceptors (Lipinski definition) is 8. The Bertz CT molecular complexity index is 2200. The van der Waals surface area contributed by atoms with Gasteiger partial charge in [-0.3, -0.25) is 18.6 Å². The first-order chi connectivity index (χ1) is 24.6. The van der Waals surface area contributed by atoms with Gasteiger partial charge in [-0.25, -0.2) is 14.5 Å². The third-order valence-electron chi connectivity index (χ3n) is 10.6. The molecule has 0 bridgehead atoms. The molecule has 2 aliphatic rings. The fourth-order valence-corrected chi connectivity index (χ4v) is 7.17. The number of ether oxygens (including phenoxy) is 1. The zero-order chi connectivity index (χ0) is 35.9. The van der Waals surface area contributed by atoms with Crippen LogP contribution >= 0.6 is 0 Å². The summed E-state index contributed by atoms with van der Waals surface area (Å²) in [7, 11) is 1.68. The second-order valence-corrected chi connectivity index (χ2v) is 14.5. The van der Waals surface area contributed by atoms with E-state index in [1.807, 2.05) is 49.9 Å². The summed E-state index contributed by atoms with van der Waals surface area (Å²) in [6.07, 6.45) is 5.72. The summed E-state index contributed by atoms with van der Waals surface area (Å²) in [6.45, 7) is 8.47. The molecule has 4 heterocycles. The number of carbonyl (C=O) groups is 1. The van der Waals surface area contributed by atoms with Gasteiger partial charge in [-0.15, -0.1) is 5.10 Å². The topological polar surface area (TPSA) is 127 Å². The summed E-state index contributed by atoms with van der Waals surface area (Å²) in [5.41, 5.74) is 4.05. The summed E-state index contributed by atoms with van der Waals surface area (Å²) in [6, 6.07) is 17.3. The van der Waals surface area contributed by atoms with Gasteiger partial charge in [-0.1, -0.05) is 18.2 Å². The van der Waals surface area contributed by atoms with Crippen LogP contribution in [0.5, 0.6) is 0 Å². The minimum Gasteiger partial charge on any atom is -0.395 e. The number of aliphatic hydroxyl groups is 1. The number of pyridine rings is 1. The maximum atomic E-state index is 14.3. The average Bonchev–Trinajstić information content (AvgIpc) is 3.87. The highest BCUT2D eigenvalue weighted by atomic mass is 16.5. The molecular weight excluding hydrogens is 646 g/mol. The van der Waals surface area contributed by atoms with Crippen molar-refractivity contribution < 1.29 is 14.6 Å². The van der Waals surface area contributed by atoms with Gasteiger partial charge < -0.3 is 19.6 Å². The number of amides is 1.